The van der Waals surface area contributed by atoms with E-state index in [4.69, 9.17) is 9.47 Å². The normalized spacial score (nSPS) is 12.5. The Labute approximate surface area is 137 Å². The fourth-order valence-electron chi connectivity index (χ4n) is 2.81. The minimum Gasteiger partial charge on any atom is -0.508 e. The summed E-state index contributed by atoms with van der Waals surface area (Å²) in [4.78, 5) is 15.2. The average molecular weight is 324 g/mol. The van der Waals surface area contributed by atoms with Crippen LogP contribution in [-0.2, 0) is 6.54 Å². The maximum atomic E-state index is 12.3. The van der Waals surface area contributed by atoms with Gasteiger partial charge in [0.1, 0.15) is 5.75 Å². The third-order valence-corrected chi connectivity index (χ3v) is 4.09. The minimum absolute atomic E-state index is 0.148. The molecular formula is C18H16N2O4. The Morgan fingerprint density at radius 2 is 1.96 bits per heavy atom. The molecule has 0 aliphatic carbocycles. The summed E-state index contributed by atoms with van der Waals surface area (Å²) in [6.45, 7) is 2.48. The van der Waals surface area contributed by atoms with Crippen molar-refractivity contribution in [3.8, 4) is 17.2 Å². The molecule has 6 heteroatoms. The topological polar surface area (TPSA) is 83.6 Å². The van der Waals surface area contributed by atoms with Crippen molar-refractivity contribution in [3.63, 3.8) is 0 Å². The number of hydrogen-bond donors (Lipinski definition) is 3. The van der Waals surface area contributed by atoms with Crippen molar-refractivity contribution in [2.24, 2.45) is 0 Å². The van der Waals surface area contributed by atoms with Gasteiger partial charge in [-0.3, -0.25) is 4.79 Å². The van der Waals surface area contributed by atoms with Gasteiger partial charge in [-0.2, -0.15) is 0 Å². The number of aromatic nitrogens is 1. The number of fused-ring (bicyclic) bond motifs is 2. The van der Waals surface area contributed by atoms with Crippen molar-refractivity contribution >= 4 is 16.6 Å². The van der Waals surface area contributed by atoms with E-state index in [1.165, 1.54) is 0 Å². The first kappa shape index (κ1) is 14.4. The van der Waals surface area contributed by atoms with Crippen LogP contribution in [0.5, 0.6) is 17.2 Å². The molecule has 3 aromatic rings. The van der Waals surface area contributed by atoms with E-state index in [0.717, 1.165) is 16.6 Å². The molecule has 0 unspecified atom stereocenters. The first-order valence-electron chi connectivity index (χ1n) is 7.59. The van der Waals surface area contributed by atoms with Crippen molar-refractivity contribution in [2.75, 3.05) is 12.1 Å². The molecule has 1 aliphatic rings. The predicted octanol–water partition coefficient (Wildman–Crippen LogP) is 2.88. The molecule has 24 heavy (non-hydrogen) atoms. The molecule has 1 aromatic heterocycles. The summed E-state index contributed by atoms with van der Waals surface area (Å²) in [5, 5.41) is 13.6. The zero-order chi connectivity index (χ0) is 16.7. The van der Waals surface area contributed by atoms with Gasteiger partial charge < -0.3 is 24.9 Å². The van der Waals surface area contributed by atoms with Crippen LogP contribution in [0, 0.1) is 6.92 Å². The second-order valence-corrected chi connectivity index (χ2v) is 5.77. The van der Waals surface area contributed by atoms with E-state index in [9.17, 15) is 9.90 Å². The number of H-pyrrole nitrogens is 1. The molecule has 0 atom stereocenters. The number of aryl methyl sites for hydroxylation is 1. The van der Waals surface area contributed by atoms with Crippen LogP contribution < -0.4 is 20.3 Å². The predicted molar refractivity (Wildman–Crippen MR) is 90.9 cm³/mol. The molecule has 6 nitrogen and oxygen atoms in total. The molecule has 0 saturated carbocycles. The Kier molecular flexibility index (Phi) is 3.30. The van der Waals surface area contributed by atoms with Gasteiger partial charge in [0.2, 0.25) is 6.79 Å². The molecule has 2 heterocycles. The standard InChI is InChI=1S/C18H16N2O4/c1-10-4-13(21)2-3-14(10)19-8-12-5-11-6-16-17(24-9-23-16)7-15(11)20-18(12)22/h2-7,19,21H,8-9H2,1H3,(H,20,22). The van der Waals surface area contributed by atoms with Gasteiger partial charge in [0, 0.05) is 29.2 Å². The highest BCUT2D eigenvalue weighted by Crippen LogP contribution is 2.35. The highest BCUT2D eigenvalue weighted by molar-refractivity contribution is 5.83. The number of benzene rings is 2. The largest absolute Gasteiger partial charge is 0.508 e. The van der Waals surface area contributed by atoms with Gasteiger partial charge in [-0.05, 0) is 42.8 Å². The molecule has 2 aromatic carbocycles. The fraction of sp³-hybridized carbons (Fsp3) is 0.167. The molecule has 122 valence electrons. The maximum absolute atomic E-state index is 12.3. The van der Waals surface area contributed by atoms with Crippen LogP contribution in [0.2, 0.25) is 0 Å². The molecular weight excluding hydrogens is 308 g/mol. The van der Waals surface area contributed by atoms with Crippen LogP contribution in [0.25, 0.3) is 10.9 Å². The van der Waals surface area contributed by atoms with Gasteiger partial charge in [-0.25, -0.2) is 0 Å². The Morgan fingerprint density at radius 3 is 2.75 bits per heavy atom. The van der Waals surface area contributed by atoms with Crippen LogP contribution in [-0.4, -0.2) is 16.9 Å². The lowest BCUT2D eigenvalue weighted by Gasteiger charge is -2.10. The fourth-order valence-corrected chi connectivity index (χ4v) is 2.81. The van der Waals surface area contributed by atoms with E-state index >= 15 is 0 Å². The van der Waals surface area contributed by atoms with E-state index in [1.807, 2.05) is 19.1 Å². The molecule has 0 fully saturated rings. The number of ether oxygens (including phenoxy) is 2. The number of rotatable bonds is 3. The molecule has 3 N–H and O–H groups in total. The number of aromatic hydroxyl groups is 1. The zero-order valence-corrected chi connectivity index (χ0v) is 13.1. The van der Waals surface area contributed by atoms with E-state index in [-0.39, 0.29) is 18.1 Å². The summed E-state index contributed by atoms with van der Waals surface area (Å²) in [6.07, 6.45) is 0. The SMILES string of the molecule is Cc1cc(O)ccc1NCc1cc2cc3c(cc2[nH]c1=O)OCO3. The third-order valence-electron chi connectivity index (χ3n) is 4.09. The third kappa shape index (κ3) is 2.52. The monoisotopic (exact) mass is 324 g/mol. The lowest BCUT2D eigenvalue weighted by molar-refractivity contribution is 0.174. The zero-order valence-electron chi connectivity index (χ0n) is 13.1. The summed E-state index contributed by atoms with van der Waals surface area (Å²) in [7, 11) is 0. The highest BCUT2D eigenvalue weighted by Gasteiger charge is 2.15. The van der Waals surface area contributed by atoms with Gasteiger partial charge in [-0.1, -0.05) is 0 Å². The number of nitrogens with one attached hydrogen (secondary N) is 2. The molecule has 4 rings (SSSR count). The smallest absolute Gasteiger partial charge is 0.253 e. The minimum atomic E-state index is -0.148. The van der Waals surface area contributed by atoms with E-state index in [0.29, 0.717) is 29.1 Å². The molecule has 0 radical (unpaired) electrons. The average Bonchev–Trinajstić information content (AvgIpc) is 2.99. The Morgan fingerprint density at radius 1 is 1.17 bits per heavy atom. The number of phenolic OH excluding ortho intramolecular Hbond substituents is 1. The molecule has 0 bridgehead atoms. The van der Waals surface area contributed by atoms with Crippen LogP contribution in [0.4, 0.5) is 5.69 Å². The highest BCUT2D eigenvalue weighted by atomic mass is 16.7. The number of hydrogen-bond acceptors (Lipinski definition) is 5. The van der Waals surface area contributed by atoms with Gasteiger partial charge in [0.25, 0.3) is 5.56 Å². The summed E-state index contributed by atoms with van der Waals surface area (Å²) in [5.74, 6) is 1.55. The number of anilines is 1. The summed E-state index contributed by atoms with van der Waals surface area (Å²) < 4.78 is 10.7. The van der Waals surface area contributed by atoms with Crippen LogP contribution in [0.15, 0.2) is 41.2 Å². The summed E-state index contributed by atoms with van der Waals surface area (Å²) >= 11 is 0. The lowest BCUT2D eigenvalue weighted by atomic mass is 10.1. The van der Waals surface area contributed by atoms with Crippen molar-refractivity contribution in [2.45, 2.75) is 13.5 Å². The Hall–Kier alpha value is -3.15. The first-order valence-corrected chi connectivity index (χ1v) is 7.59. The van der Waals surface area contributed by atoms with E-state index in [2.05, 4.69) is 10.3 Å². The Bertz CT molecular complexity index is 994. The Balaban J connectivity index is 1.65. The van der Waals surface area contributed by atoms with Crippen molar-refractivity contribution in [3.05, 3.63) is 57.9 Å². The van der Waals surface area contributed by atoms with Crippen LogP contribution >= 0.6 is 0 Å². The second-order valence-electron chi connectivity index (χ2n) is 5.77. The first-order chi connectivity index (χ1) is 11.6. The number of pyridine rings is 1. The lowest BCUT2D eigenvalue weighted by Crippen LogP contribution is -2.15. The number of aromatic amines is 1. The van der Waals surface area contributed by atoms with Gasteiger partial charge in [-0.15, -0.1) is 0 Å². The number of phenols is 1. The molecule has 0 spiro atoms. The second kappa shape index (κ2) is 5.49. The van der Waals surface area contributed by atoms with E-state index in [1.54, 1.807) is 24.3 Å². The molecule has 1 aliphatic heterocycles. The quantitative estimate of drug-likeness (QED) is 0.645. The van der Waals surface area contributed by atoms with Gasteiger partial charge in [0.15, 0.2) is 11.5 Å². The van der Waals surface area contributed by atoms with Crippen LogP contribution in [0.1, 0.15) is 11.1 Å². The van der Waals surface area contributed by atoms with Crippen molar-refractivity contribution in [1.82, 2.24) is 4.98 Å². The van der Waals surface area contributed by atoms with Crippen molar-refractivity contribution < 1.29 is 14.6 Å². The maximum Gasteiger partial charge on any atom is 0.253 e. The van der Waals surface area contributed by atoms with Gasteiger partial charge in [0.05, 0.1) is 5.52 Å². The molecule has 0 amide bonds. The van der Waals surface area contributed by atoms with Crippen molar-refractivity contribution in [1.29, 1.82) is 0 Å². The summed E-state index contributed by atoms with van der Waals surface area (Å²) in [5.41, 5.74) is 2.97. The summed E-state index contributed by atoms with van der Waals surface area (Å²) in [6, 6.07) is 10.6. The van der Waals surface area contributed by atoms with E-state index < -0.39 is 0 Å². The van der Waals surface area contributed by atoms with Crippen LogP contribution in [0.3, 0.4) is 0 Å². The molecule has 0 saturated heterocycles. The van der Waals surface area contributed by atoms with Gasteiger partial charge >= 0.3 is 0 Å².